The second kappa shape index (κ2) is 3.79. The number of rotatable bonds is 2. The van der Waals surface area contributed by atoms with Crippen LogP contribution >= 0.6 is 0 Å². The van der Waals surface area contributed by atoms with Gasteiger partial charge in [-0.2, -0.15) is 0 Å². The lowest BCUT2D eigenvalue weighted by Crippen LogP contribution is -2.42. The van der Waals surface area contributed by atoms with E-state index < -0.39 is 0 Å². The van der Waals surface area contributed by atoms with Crippen LogP contribution in [-0.2, 0) is 13.1 Å². The highest BCUT2D eigenvalue weighted by Gasteiger charge is 2.25. The Morgan fingerprint density at radius 3 is 3.12 bits per heavy atom. The van der Waals surface area contributed by atoms with Crippen LogP contribution in [0.4, 0.5) is 5.95 Å². The van der Waals surface area contributed by atoms with Crippen LogP contribution in [-0.4, -0.2) is 22.8 Å². The van der Waals surface area contributed by atoms with Crippen LogP contribution in [0.3, 0.4) is 0 Å². The number of hydrogen-bond donors (Lipinski definition) is 2. The van der Waals surface area contributed by atoms with Crippen molar-refractivity contribution >= 4 is 17.0 Å². The Balaban J connectivity index is 2.28. The van der Waals surface area contributed by atoms with E-state index in [4.69, 9.17) is 5.11 Å². The number of nitrogens with zero attached hydrogens (tertiary/aromatic N) is 2. The van der Waals surface area contributed by atoms with Crippen molar-refractivity contribution in [2.75, 3.05) is 18.5 Å². The number of benzene rings is 1. The number of nitrogens with one attached hydrogen (secondary N) is 1. The minimum absolute atomic E-state index is 0.174. The van der Waals surface area contributed by atoms with Gasteiger partial charge in [-0.1, -0.05) is 12.1 Å². The molecule has 4 nitrogen and oxygen atoms in total. The van der Waals surface area contributed by atoms with Gasteiger partial charge in [-0.15, -0.1) is 0 Å². The molecule has 3 rings (SSSR count). The molecule has 16 heavy (non-hydrogen) atoms. The van der Waals surface area contributed by atoms with Crippen LogP contribution in [0.5, 0.6) is 0 Å². The highest BCUT2D eigenvalue weighted by Crippen LogP contribution is 2.19. The van der Waals surface area contributed by atoms with Gasteiger partial charge < -0.3 is 5.11 Å². The molecule has 0 bridgehead atoms. The van der Waals surface area contributed by atoms with Gasteiger partial charge >= 0.3 is 5.95 Å². The van der Waals surface area contributed by atoms with Gasteiger partial charge in [0.25, 0.3) is 0 Å². The molecule has 2 aromatic rings. The van der Waals surface area contributed by atoms with Crippen LogP contribution in [0.1, 0.15) is 6.42 Å². The Hall–Kier alpha value is -1.55. The van der Waals surface area contributed by atoms with Crippen LogP contribution < -0.4 is 9.88 Å². The summed E-state index contributed by atoms with van der Waals surface area (Å²) in [7, 11) is 0. The van der Waals surface area contributed by atoms with E-state index in [9.17, 15) is 0 Å². The summed E-state index contributed by atoms with van der Waals surface area (Å²) in [5.41, 5.74) is 2.44. The molecule has 1 aliphatic heterocycles. The first-order valence-corrected chi connectivity index (χ1v) is 5.77. The average Bonchev–Trinajstić information content (AvgIpc) is 2.66. The SMILES string of the molecule is OCCn1c2[n+](c3ccccc31)CCCN2. The second-order valence-electron chi connectivity index (χ2n) is 4.12. The van der Waals surface area contributed by atoms with Crippen LogP contribution in [0.25, 0.3) is 11.0 Å². The van der Waals surface area contributed by atoms with E-state index >= 15 is 0 Å². The molecule has 0 unspecified atom stereocenters. The van der Waals surface area contributed by atoms with Crippen molar-refractivity contribution < 1.29 is 9.67 Å². The largest absolute Gasteiger partial charge is 0.393 e. The molecule has 0 radical (unpaired) electrons. The summed E-state index contributed by atoms with van der Waals surface area (Å²) in [5, 5.41) is 12.6. The third kappa shape index (κ3) is 1.30. The normalized spacial score (nSPS) is 14.8. The number of imidazole rings is 1. The number of anilines is 1. The van der Waals surface area contributed by atoms with E-state index in [1.54, 1.807) is 0 Å². The van der Waals surface area contributed by atoms with Gasteiger partial charge in [-0.3, -0.25) is 5.32 Å². The van der Waals surface area contributed by atoms with Crippen molar-refractivity contribution in [2.45, 2.75) is 19.5 Å². The van der Waals surface area contributed by atoms with Crippen molar-refractivity contribution in [1.82, 2.24) is 4.57 Å². The van der Waals surface area contributed by atoms with Gasteiger partial charge in [0.05, 0.1) is 26.2 Å². The molecule has 0 fully saturated rings. The van der Waals surface area contributed by atoms with E-state index in [0.717, 1.165) is 25.5 Å². The first kappa shape index (κ1) is 9.66. The second-order valence-corrected chi connectivity index (χ2v) is 4.12. The minimum Gasteiger partial charge on any atom is -0.393 e. The quantitative estimate of drug-likeness (QED) is 0.730. The molecule has 0 saturated carbocycles. The van der Waals surface area contributed by atoms with Crippen LogP contribution in [0.2, 0.25) is 0 Å². The Kier molecular flexibility index (Phi) is 2.29. The zero-order valence-corrected chi connectivity index (χ0v) is 9.19. The Bertz CT molecular complexity index is 518. The van der Waals surface area contributed by atoms with Gasteiger partial charge in [0.2, 0.25) is 0 Å². The number of aromatic nitrogens is 2. The number of aryl methyl sites for hydroxylation is 1. The number of aliphatic hydroxyl groups is 1. The molecule has 1 aromatic carbocycles. The zero-order valence-electron chi connectivity index (χ0n) is 9.19. The average molecular weight is 218 g/mol. The smallest absolute Gasteiger partial charge is 0.358 e. The van der Waals surface area contributed by atoms with Gasteiger partial charge in [0, 0.05) is 6.42 Å². The van der Waals surface area contributed by atoms with E-state index in [-0.39, 0.29) is 6.61 Å². The van der Waals surface area contributed by atoms with Crippen molar-refractivity contribution in [3.63, 3.8) is 0 Å². The van der Waals surface area contributed by atoms with Gasteiger partial charge in [0.1, 0.15) is 11.0 Å². The first-order chi connectivity index (χ1) is 7.92. The number of para-hydroxylation sites is 2. The summed E-state index contributed by atoms with van der Waals surface area (Å²) in [6.07, 6.45) is 1.16. The van der Waals surface area contributed by atoms with E-state index in [1.807, 2.05) is 6.07 Å². The van der Waals surface area contributed by atoms with Gasteiger partial charge in [-0.25, -0.2) is 9.13 Å². The third-order valence-electron chi connectivity index (χ3n) is 3.14. The summed E-state index contributed by atoms with van der Waals surface area (Å²) in [6, 6.07) is 8.35. The molecule has 0 saturated heterocycles. The van der Waals surface area contributed by atoms with Crippen molar-refractivity contribution in [3.05, 3.63) is 24.3 Å². The molecule has 4 heteroatoms. The minimum atomic E-state index is 0.174. The predicted octanol–water partition coefficient (Wildman–Crippen LogP) is 0.737. The number of aliphatic hydroxyl groups excluding tert-OH is 1. The maximum Gasteiger partial charge on any atom is 0.358 e. The summed E-state index contributed by atoms with van der Waals surface area (Å²) >= 11 is 0. The molecule has 1 aromatic heterocycles. The first-order valence-electron chi connectivity index (χ1n) is 5.77. The Labute approximate surface area is 94.1 Å². The molecule has 84 valence electrons. The standard InChI is InChI=1S/C12H15N3O/c16-9-8-15-11-5-2-1-4-10(11)14-7-3-6-13-12(14)15/h1-2,4-5,16H,3,6-9H2/p+1. The highest BCUT2D eigenvalue weighted by atomic mass is 16.3. The van der Waals surface area contributed by atoms with E-state index in [2.05, 4.69) is 32.7 Å². The third-order valence-corrected chi connectivity index (χ3v) is 3.14. The van der Waals surface area contributed by atoms with Crippen molar-refractivity contribution in [2.24, 2.45) is 0 Å². The molecule has 2 heterocycles. The lowest BCUT2D eigenvalue weighted by atomic mass is 10.3. The molecule has 0 amide bonds. The fraction of sp³-hybridized carbons (Fsp3) is 0.417. The molecule has 0 atom stereocenters. The van der Waals surface area contributed by atoms with Gasteiger partial charge in [-0.05, 0) is 12.1 Å². The topological polar surface area (TPSA) is 41.1 Å². The predicted molar refractivity (Wildman–Crippen MR) is 62.3 cm³/mol. The maximum absolute atomic E-state index is 9.14. The lowest BCUT2D eigenvalue weighted by Gasteiger charge is -2.11. The van der Waals surface area contributed by atoms with Gasteiger partial charge in [0.15, 0.2) is 0 Å². The molecular formula is C12H16N3O+. The van der Waals surface area contributed by atoms with Crippen LogP contribution in [0.15, 0.2) is 24.3 Å². The summed E-state index contributed by atoms with van der Waals surface area (Å²) in [4.78, 5) is 0. The van der Waals surface area contributed by atoms with Crippen LogP contribution in [0, 0.1) is 0 Å². The monoisotopic (exact) mass is 218 g/mol. The Morgan fingerprint density at radius 1 is 1.38 bits per heavy atom. The van der Waals surface area contributed by atoms with E-state index in [1.165, 1.54) is 11.0 Å². The highest BCUT2D eigenvalue weighted by molar-refractivity contribution is 5.74. The summed E-state index contributed by atoms with van der Waals surface area (Å²) < 4.78 is 4.46. The zero-order chi connectivity index (χ0) is 11.0. The molecule has 2 N–H and O–H groups in total. The van der Waals surface area contributed by atoms with Crippen molar-refractivity contribution in [1.29, 1.82) is 0 Å². The fourth-order valence-electron chi connectivity index (χ4n) is 2.48. The summed E-state index contributed by atoms with van der Waals surface area (Å²) in [5.74, 6) is 1.13. The summed E-state index contributed by atoms with van der Waals surface area (Å²) in [6.45, 7) is 2.90. The Morgan fingerprint density at radius 2 is 2.25 bits per heavy atom. The maximum atomic E-state index is 9.14. The fourth-order valence-corrected chi connectivity index (χ4v) is 2.48. The molecule has 1 aliphatic rings. The molecule has 0 spiro atoms. The number of hydrogen-bond acceptors (Lipinski definition) is 2. The van der Waals surface area contributed by atoms with E-state index in [0.29, 0.717) is 6.54 Å². The van der Waals surface area contributed by atoms with Crippen molar-refractivity contribution in [3.8, 4) is 0 Å². The lowest BCUT2D eigenvalue weighted by molar-refractivity contribution is -0.661. The number of fused-ring (bicyclic) bond motifs is 3. The molecular weight excluding hydrogens is 202 g/mol. The molecule has 0 aliphatic carbocycles.